The van der Waals surface area contributed by atoms with E-state index in [2.05, 4.69) is 11.9 Å². The van der Waals surface area contributed by atoms with Crippen LogP contribution in [0.1, 0.15) is 48.7 Å². The number of esters is 1. The molecule has 1 heterocycles. The van der Waals surface area contributed by atoms with E-state index in [9.17, 15) is 4.79 Å². The number of aromatic nitrogens is 1. The number of methoxy groups -OCH3 is 1. The minimum absolute atomic E-state index is 0.329. The summed E-state index contributed by atoms with van der Waals surface area (Å²) in [6.07, 6.45) is 5.05. The maximum Gasteiger partial charge on any atom is 0.337 e. The molecular weight excluding hydrogens is 302 g/mol. The lowest BCUT2D eigenvalue weighted by Gasteiger charge is -2.26. The summed E-state index contributed by atoms with van der Waals surface area (Å²) < 4.78 is 10.9. The molecule has 1 aliphatic carbocycles. The van der Waals surface area contributed by atoms with Crippen LogP contribution in [0.3, 0.4) is 0 Å². The summed E-state index contributed by atoms with van der Waals surface area (Å²) >= 11 is 0. The van der Waals surface area contributed by atoms with Gasteiger partial charge in [0.15, 0.2) is 0 Å². The van der Waals surface area contributed by atoms with Gasteiger partial charge in [-0.05, 0) is 61.3 Å². The highest BCUT2D eigenvalue weighted by Crippen LogP contribution is 2.30. The van der Waals surface area contributed by atoms with Crippen LogP contribution in [0.25, 0.3) is 10.8 Å². The quantitative estimate of drug-likeness (QED) is 0.774. The molecule has 1 aromatic heterocycles. The molecular formula is C20H25NO3. The second-order valence-electron chi connectivity index (χ2n) is 6.93. The Morgan fingerprint density at radius 2 is 1.96 bits per heavy atom. The summed E-state index contributed by atoms with van der Waals surface area (Å²) in [5.74, 6) is 1.80. The molecule has 4 heteroatoms. The number of ether oxygens (including phenoxy) is 2. The average molecular weight is 327 g/mol. The molecule has 1 aliphatic rings. The number of fused-ring (bicyclic) bond motifs is 1. The summed E-state index contributed by atoms with van der Waals surface area (Å²) in [5.41, 5.74) is 1.43. The van der Waals surface area contributed by atoms with Crippen molar-refractivity contribution < 1.29 is 14.3 Å². The van der Waals surface area contributed by atoms with E-state index in [1.165, 1.54) is 32.8 Å². The predicted molar refractivity (Wildman–Crippen MR) is 94.4 cm³/mol. The molecule has 128 valence electrons. The number of carbonyl (C=O) groups excluding carboxylic acids is 1. The Morgan fingerprint density at radius 3 is 2.67 bits per heavy atom. The van der Waals surface area contributed by atoms with Crippen molar-refractivity contribution in [2.45, 2.75) is 39.5 Å². The van der Waals surface area contributed by atoms with E-state index >= 15 is 0 Å². The van der Waals surface area contributed by atoms with Crippen molar-refractivity contribution in [2.75, 3.05) is 13.7 Å². The third-order valence-corrected chi connectivity index (χ3v) is 4.94. The normalized spacial score (nSPS) is 20.8. The maximum absolute atomic E-state index is 11.7. The highest BCUT2D eigenvalue weighted by molar-refractivity contribution is 5.96. The number of carbonyl (C=O) groups is 1. The number of benzene rings is 1. The van der Waals surface area contributed by atoms with E-state index in [1.807, 2.05) is 25.1 Å². The van der Waals surface area contributed by atoms with Gasteiger partial charge in [0.1, 0.15) is 0 Å². The van der Waals surface area contributed by atoms with Crippen LogP contribution in [0.5, 0.6) is 5.88 Å². The first kappa shape index (κ1) is 16.7. The van der Waals surface area contributed by atoms with Gasteiger partial charge < -0.3 is 9.47 Å². The lowest BCUT2D eigenvalue weighted by atomic mass is 9.83. The molecule has 0 spiro atoms. The molecule has 24 heavy (non-hydrogen) atoms. The Hall–Kier alpha value is -2.10. The molecule has 0 amide bonds. The average Bonchev–Trinajstić information content (AvgIpc) is 2.59. The third kappa shape index (κ3) is 3.69. The Morgan fingerprint density at radius 1 is 1.21 bits per heavy atom. The van der Waals surface area contributed by atoms with Gasteiger partial charge >= 0.3 is 5.97 Å². The van der Waals surface area contributed by atoms with Crippen LogP contribution < -0.4 is 4.74 Å². The first-order chi connectivity index (χ1) is 11.6. The van der Waals surface area contributed by atoms with Crippen molar-refractivity contribution in [2.24, 2.45) is 11.8 Å². The van der Waals surface area contributed by atoms with Gasteiger partial charge in [0.2, 0.25) is 5.88 Å². The van der Waals surface area contributed by atoms with Crippen molar-refractivity contribution in [3.63, 3.8) is 0 Å². The number of hydrogen-bond donors (Lipinski definition) is 0. The molecule has 0 atom stereocenters. The van der Waals surface area contributed by atoms with E-state index < -0.39 is 0 Å². The number of hydrogen-bond acceptors (Lipinski definition) is 4. The van der Waals surface area contributed by atoms with Gasteiger partial charge in [-0.25, -0.2) is 9.78 Å². The van der Waals surface area contributed by atoms with Crippen LogP contribution >= 0.6 is 0 Å². The zero-order valence-corrected chi connectivity index (χ0v) is 14.7. The molecule has 1 fully saturated rings. The molecule has 1 aromatic carbocycles. The zero-order valence-electron chi connectivity index (χ0n) is 14.7. The van der Waals surface area contributed by atoms with Crippen molar-refractivity contribution >= 4 is 16.7 Å². The molecule has 0 bridgehead atoms. The highest BCUT2D eigenvalue weighted by Gasteiger charge is 2.19. The second kappa shape index (κ2) is 7.20. The van der Waals surface area contributed by atoms with E-state index in [0.717, 1.165) is 29.0 Å². The molecule has 0 N–H and O–H groups in total. The fourth-order valence-electron chi connectivity index (χ4n) is 3.40. The van der Waals surface area contributed by atoms with E-state index in [4.69, 9.17) is 9.47 Å². The third-order valence-electron chi connectivity index (χ3n) is 4.94. The van der Waals surface area contributed by atoms with Gasteiger partial charge in [-0.2, -0.15) is 0 Å². The number of pyridine rings is 1. The first-order valence-corrected chi connectivity index (χ1v) is 8.69. The van der Waals surface area contributed by atoms with Gasteiger partial charge in [-0.3, -0.25) is 0 Å². The van der Waals surface area contributed by atoms with E-state index in [1.54, 1.807) is 6.07 Å². The van der Waals surface area contributed by atoms with Crippen molar-refractivity contribution in [3.8, 4) is 5.88 Å². The largest absolute Gasteiger partial charge is 0.477 e. The van der Waals surface area contributed by atoms with Crippen molar-refractivity contribution in [1.29, 1.82) is 0 Å². The van der Waals surface area contributed by atoms with Crippen LogP contribution in [0.4, 0.5) is 0 Å². The van der Waals surface area contributed by atoms with Gasteiger partial charge in [0.25, 0.3) is 0 Å². The Balaban J connectivity index is 1.81. The highest BCUT2D eigenvalue weighted by atomic mass is 16.5. The van der Waals surface area contributed by atoms with Crippen LogP contribution in [-0.2, 0) is 4.74 Å². The molecule has 2 aromatic rings. The first-order valence-electron chi connectivity index (χ1n) is 8.69. The Kier molecular flexibility index (Phi) is 5.03. The van der Waals surface area contributed by atoms with Gasteiger partial charge in [-0.15, -0.1) is 0 Å². The minimum atomic E-state index is -0.329. The molecule has 0 unspecified atom stereocenters. The van der Waals surface area contributed by atoms with Crippen LogP contribution in [0.2, 0.25) is 0 Å². The maximum atomic E-state index is 11.7. The predicted octanol–water partition coefficient (Wildman–Crippen LogP) is 4.53. The summed E-state index contributed by atoms with van der Waals surface area (Å²) in [5, 5.41) is 1.90. The van der Waals surface area contributed by atoms with Gasteiger partial charge in [0.05, 0.1) is 19.3 Å². The fourth-order valence-corrected chi connectivity index (χ4v) is 3.40. The lowest BCUT2D eigenvalue weighted by Crippen LogP contribution is -2.19. The molecule has 0 aliphatic heterocycles. The molecule has 0 saturated heterocycles. The van der Waals surface area contributed by atoms with Crippen molar-refractivity contribution in [1.82, 2.24) is 4.98 Å². The minimum Gasteiger partial charge on any atom is -0.477 e. The SMILES string of the molecule is COC(=O)c1ccc2c(OCC3CCC(C)CC3)nc(C)cc2c1. The zero-order chi connectivity index (χ0) is 17.1. The topological polar surface area (TPSA) is 48.4 Å². The smallest absolute Gasteiger partial charge is 0.337 e. The molecule has 3 rings (SSSR count). The van der Waals surface area contributed by atoms with Crippen LogP contribution in [0, 0.1) is 18.8 Å². The van der Waals surface area contributed by atoms with E-state index in [-0.39, 0.29) is 5.97 Å². The Labute approximate surface area is 143 Å². The number of nitrogens with zero attached hydrogens (tertiary/aromatic N) is 1. The summed E-state index contributed by atoms with van der Waals surface area (Å²) in [6.45, 7) is 4.99. The summed E-state index contributed by atoms with van der Waals surface area (Å²) in [4.78, 5) is 16.3. The Bertz CT molecular complexity index is 733. The number of aryl methyl sites for hydroxylation is 1. The summed E-state index contributed by atoms with van der Waals surface area (Å²) in [7, 11) is 1.39. The molecule has 0 radical (unpaired) electrons. The monoisotopic (exact) mass is 327 g/mol. The standard InChI is InChI=1S/C20H25NO3/c1-13-4-6-15(7-5-13)12-24-19-18-9-8-16(20(22)23-3)11-17(18)10-14(2)21-19/h8-11,13,15H,4-7,12H2,1-3H3. The van der Waals surface area contributed by atoms with Gasteiger partial charge in [-0.1, -0.05) is 19.8 Å². The van der Waals surface area contributed by atoms with Crippen LogP contribution in [-0.4, -0.2) is 24.7 Å². The van der Waals surface area contributed by atoms with Crippen molar-refractivity contribution in [3.05, 3.63) is 35.5 Å². The summed E-state index contributed by atoms with van der Waals surface area (Å²) in [6, 6.07) is 7.47. The fraction of sp³-hybridized carbons (Fsp3) is 0.500. The number of rotatable bonds is 4. The molecule has 4 nitrogen and oxygen atoms in total. The lowest BCUT2D eigenvalue weighted by molar-refractivity contribution is 0.0601. The van der Waals surface area contributed by atoms with E-state index in [0.29, 0.717) is 17.4 Å². The second-order valence-corrected chi connectivity index (χ2v) is 6.93. The van der Waals surface area contributed by atoms with Crippen LogP contribution in [0.15, 0.2) is 24.3 Å². The van der Waals surface area contributed by atoms with Gasteiger partial charge in [0, 0.05) is 11.1 Å². The molecule has 1 saturated carbocycles.